The Morgan fingerprint density at radius 2 is 2.00 bits per heavy atom. The summed E-state index contributed by atoms with van der Waals surface area (Å²) in [7, 11) is 0. The molecule has 8 nitrogen and oxygen atoms in total. The van der Waals surface area contributed by atoms with Gasteiger partial charge in [-0.25, -0.2) is 9.78 Å². The van der Waals surface area contributed by atoms with E-state index in [9.17, 15) is 14.4 Å². The number of amides is 1. The van der Waals surface area contributed by atoms with Gasteiger partial charge in [0.15, 0.2) is 11.9 Å². The van der Waals surface area contributed by atoms with E-state index in [1.165, 1.54) is 23.5 Å². The molecule has 1 amide bonds. The van der Waals surface area contributed by atoms with Gasteiger partial charge in [-0.15, -0.1) is 11.3 Å². The third-order valence-electron chi connectivity index (χ3n) is 4.37. The molecule has 148 valence electrons. The third kappa shape index (κ3) is 4.33. The number of aromatic nitrogens is 2. The number of carbonyl (C=O) groups excluding carboxylic acids is 2. The van der Waals surface area contributed by atoms with E-state index in [1.54, 1.807) is 25.1 Å². The fourth-order valence-electron chi connectivity index (χ4n) is 2.71. The second-order valence-corrected chi connectivity index (χ2v) is 7.63. The lowest BCUT2D eigenvalue weighted by atomic mass is 10.2. The molecule has 0 aliphatic heterocycles. The molecule has 3 aromatic rings. The Morgan fingerprint density at radius 3 is 2.66 bits per heavy atom. The van der Waals surface area contributed by atoms with Gasteiger partial charge < -0.3 is 15.0 Å². The predicted molar refractivity (Wildman–Crippen MR) is 109 cm³/mol. The first-order valence-corrected chi connectivity index (χ1v) is 9.59. The van der Waals surface area contributed by atoms with Crippen molar-refractivity contribution in [1.29, 1.82) is 5.26 Å². The van der Waals surface area contributed by atoms with Crippen molar-refractivity contribution in [2.75, 3.05) is 5.32 Å². The number of fused-ring (bicyclic) bond motifs is 1. The Hall–Kier alpha value is -3.51. The first kappa shape index (κ1) is 20.2. The molecule has 0 fully saturated rings. The lowest BCUT2D eigenvalue weighted by molar-refractivity contribution is -0.115. The average Bonchev–Trinajstić information content (AvgIpc) is 2.96. The van der Waals surface area contributed by atoms with Gasteiger partial charge in [0, 0.05) is 10.6 Å². The fourth-order valence-corrected chi connectivity index (χ4v) is 3.75. The summed E-state index contributed by atoms with van der Waals surface area (Å²) in [5.41, 5.74) is 1.39. The quantitative estimate of drug-likeness (QED) is 0.621. The van der Waals surface area contributed by atoms with Crippen molar-refractivity contribution in [1.82, 2.24) is 9.97 Å². The van der Waals surface area contributed by atoms with Crippen molar-refractivity contribution in [3.63, 3.8) is 0 Å². The zero-order chi connectivity index (χ0) is 21.1. The van der Waals surface area contributed by atoms with E-state index in [0.717, 1.165) is 10.4 Å². The standard InChI is InChI=1S/C20H18N4O4S/c1-10-12(3)29-19-16(10)18(26)23-17(24-19)11(2)28-20(27)13-4-6-14(7-5-13)22-15(25)8-9-21/h4-7,11H,8H2,1-3H3,(H,22,25)(H,23,24,26)/t11-/m1/s1. The molecule has 0 spiro atoms. The number of benzene rings is 1. The van der Waals surface area contributed by atoms with Crippen LogP contribution in [-0.2, 0) is 9.53 Å². The van der Waals surface area contributed by atoms with E-state index in [-0.39, 0.29) is 23.4 Å². The number of anilines is 1. The van der Waals surface area contributed by atoms with Crippen LogP contribution in [0, 0.1) is 25.2 Å². The number of nitrogens with one attached hydrogen (secondary N) is 2. The van der Waals surface area contributed by atoms with Gasteiger partial charge in [0.05, 0.1) is 17.0 Å². The molecular formula is C20H18N4O4S. The molecule has 1 atom stereocenters. The van der Waals surface area contributed by atoms with Crippen LogP contribution in [0.25, 0.3) is 10.2 Å². The Morgan fingerprint density at radius 1 is 1.31 bits per heavy atom. The SMILES string of the molecule is Cc1sc2nc([C@@H](C)OC(=O)c3ccc(NC(=O)CC#N)cc3)[nH]c(=O)c2c1C. The molecule has 0 radical (unpaired) electrons. The summed E-state index contributed by atoms with van der Waals surface area (Å²) < 4.78 is 5.43. The highest BCUT2D eigenvalue weighted by Gasteiger charge is 2.19. The number of esters is 1. The van der Waals surface area contributed by atoms with E-state index in [0.29, 0.717) is 15.9 Å². The fraction of sp³-hybridized carbons (Fsp3) is 0.250. The number of hydrogen-bond donors (Lipinski definition) is 2. The predicted octanol–water partition coefficient (Wildman–Crippen LogP) is 3.37. The second-order valence-electron chi connectivity index (χ2n) is 6.42. The first-order chi connectivity index (χ1) is 13.8. The van der Waals surface area contributed by atoms with Gasteiger partial charge in [-0.2, -0.15) is 5.26 Å². The maximum atomic E-state index is 12.4. The van der Waals surface area contributed by atoms with Crippen LogP contribution < -0.4 is 10.9 Å². The van der Waals surface area contributed by atoms with Crippen molar-refractivity contribution < 1.29 is 14.3 Å². The van der Waals surface area contributed by atoms with Crippen LogP contribution in [0.1, 0.15) is 46.1 Å². The molecule has 0 aliphatic rings. The van der Waals surface area contributed by atoms with E-state index in [2.05, 4.69) is 15.3 Å². The van der Waals surface area contributed by atoms with Crippen molar-refractivity contribution >= 4 is 39.1 Å². The lowest BCUT2D eigenvalue weighted by Crippen LogP contribution is -2.17. The number of carbonyl (C=O) groups is 2. The Labute approximate surface area is 170 Å². The number of aryl methyl sites for hydroxylation is 2. The molecule has 2 heterocycles. The molecule has 0 bridgehead atoms. The highest BCUT2D eigenvalue weighted by Crippen LogP contribution is 2.27. The highest BCUT2D eigenvalue weighted by molar-refractivity contribution is 7.18. The first-order valence-electron chi connectivity index (χ1n) is 8.78. The summed E-state index contributed by atoms with van der Waals surface area (Å²) in [6.07, 6.45) is -1.00. The summed E-state index contributed by atoms with van der Waals surface area (Å²) in [6, 6.07) is 7.85. The number of H-pyrrole nitrogens is 1. The molecule has 2 N–H and O–H groups in total. The Bertz CT molecular complexity index is 1190. The molecule has 0 aliphatic carbocycles. The molecule has 0 saturated carbocycles. The largest absolute Gasteiger partial charge is 0.451 e. The van der Waals surface area contributed by atoms with E-state index in [1.807, 2.05) is 13.8 Å². The number of thiophene rings is 1. The van der Waals surface area contributed by atoms with Crippen LogP contribution in [0.15, 0.2) is 29.1 Å². The third-order valence-corrected chi connectivity index (χ3v) is 5.47. The summed E-state index contributed by atoms with van der Waals surface area (Å²) >= 11 is 1.42. The monoisotopic (exact) mass is 410 g/mol. The normalized spacial score (nSPS) is 11.7. The zero-order valence-electron chi connectivity index (χ0n) is 16.0. The summed E-state index contributed by atoms with van der Waals surface area (Å²) in [6.45, 7) is 5.43. The maximum Gasteiger partial charge on any atom is 0.338 e. The van der Waals surface area contributed by atoms with E-state index < -0.39 is 18.0 Å². The molecule has 1 aromatic carbocycles. The van der Waals surface area contributed by atoms with Gasteiger partial charge in [-0.3, -0.25) is 9.59 Å². The van der Waals surface area contributed by atoms with Crippen molar-refractivity contribution in [3.05, 3.63) is 56.4 Å². The number of hydrogen-bond acceptors (Lipinski definition) is 7. The van der Waals surface area contributed by atoms with Crippen LogP contribution in [-0.4, -0.2) is 21.8 Å². The zero-order valence-corrected chi connectivity index (χ0v) is 16.8. The minimum absolute atomic E-state index is 0.250. The minimum Gasteiger partial charge on any atom is -0.451 e. The van der Waals surface area contributed by atoms with Gasteiger partial charge in [0.2, 0.25) is 5.91 Å². The molecule has 3 rings (SSSR count). The van der Waals surface area contributed by atoms with E-state index >= 15 is 0 Å². The molecule has 29 heavy (non-hydrogen) atoms. The average molecular weight is 410 g/mol. The van der Waals surface area contributed by atoms with Gasteiger partial charge >= 0.3 is 5.97 Å². The smallest absolute Gasteiger partial charge is 0.338 e. The number of aromatic amines is 1. The number of nitrogens with zero attached hydrogens (tertiary/aromatic N) is 2. The summed E-state index contributed by atoms with van der Waals surface area (Å²) in [5.74, 6) is -0.743. The number of ether oxygens (including phenoxy) is 1. The van der Waals surface area contributed by atoms with Crippen LogP contribution in [0.4, 0.5) is 5.69 Å². The topological polar surface area (TPSA) is 125 Å². The number of nitriles is 1. The molecule has 0 saturated heterocycles. The summed E-state index contributed by atoms with van der Waals surface area (Å²) in [5, 5.41) is 11.6. The summed E-state index contributed by atoms with van der Waals surface area (Å²) in [4.78, 5) is 45.0. The van der Waals surface area contributed by atoms with Gasteiger partial charge in [-0.05, 0) is 50.6 Å². The van der Waals surface area contributed by atoms with Crippen molar-refractivity contribution in [2.24, 2.45) is 0 Å². The van der Waals surface area contributed by atoms with Gasteiger partial charge in [0.1, 0.15) is 11.3 Å². The minimum atomic E-state index is -0.752. The molecule has 2 aromatic heterocycles. The van der Waals surface area contributed by atoms with Crippen molar-refractivity contribution in [2.45, 2.75) is 33.3 Å². The Kier molecular flexibility index (Phi) is 5.75. The van der Waals surface area contributed by atoms with E-state index in [4.69, 9.17) is 10.00 Å². The van der Waals surface area contributed by atoms with Gasteiger partial charge in [-0.1, -0.05) is 0 Å². The van der Waals surface area contributed by atoms with Crippen LogP contribution >= 0.6 is 11.3 Å². The lowest BCUT2D eigenvalue weighted by Gasteiger charge is -2.13. The number of rotatable bonds is 5. The second kappa shape index (κ2) is 8.24. The van der Waals surface area contributed by atoms with Crippen LogP contribution in [0.3, 0.4) is 0 Å². The van der Waals surface area contributed by atoms with Crippen molar-refractivity contribution in [3.8, 4) is 6.07 Å². The van der Waals surface area contributed by atoms with Crippen LogP contribution in [0.5, 0.6) is 0 Å². The van der Waals surface area contributed by atoms with Crippen LogP contribution in [0.2, 0.25) is 0 Å². The Balaban J connectivity index is 1.74. The molecular weight excluding hydrogens is 392 g/mol. The maximum absolute atomic E-state index is 12.4. The highest BCUT2D eigenvalue weighted by atomic mass is 32.1. The van der Waals surface area contributed by atoms with Gasteiger partial charge in [0.25, 0.3) is 5.56 Å². The molecule has 9 heteroatoms. The molecule has 0 unspecified atom stereocenters.